The van der Waals surface area contributed by atoms with E-state index in [0.717, 1.165) is 19.3 Å². The molecule has 1 fully saturated rings. The molecular formula is C12H17ClN2O2S. The number of rotatable bonds is 3. The summed E-state index contributed by atoms with van der Waals surface area (Å²) < 4.78 is 27.3. The van der Waals surface area contributed by atoms with E-state index in [4.69, 9.17) is 17.3 Å². The Morgan fingerprint density at radius 3 is 2.67 bits per heavy atom. The van der Waals surface area contributed by atoms with Crippen molar-refractivity contribution < 1.29 is 8.42 Å². The van der Waals surface area contributed by atoms with Gasteiger partial charge in [0.2, 0.25) is 10.0 Å². The van der Waals surface area contributed by atoms with Crippen LogP contribution in [0.4, 0.5) is 5.69 Å². The van der Waals surface area contributed by atoms with Crippen LogP contribution in [-0.4, -0.2) is 14.5 Å². The van der Waals surface area contributed by atoms with Gasteiger partial charge < -0.3 is 5.73 Å². The Morgan fingerprint density at radius 1 is 1.39 bits per heavy atom. The number of sulfonamides is 1. The molecule has 2 atom stereocenters. The molecule has 2 unspecified atom stereocenters. The van der Waals surface area contributed by atoms with Crippen molar-refractivity contribution in [1.29, 1.82) is 0 Å². The topological polar surface area (TPSA) is 72.2 Å². The van der Waals surface area contributed by atoms with Crippen molar-refractivity contribution in [2.24, 2.45) is 5.92 Å². The van der Waals surface area contributed by atoms with Crippen LogP contribution < -0.4 is 10.5 Å². The van der Waals surface area contributed by atoms with E-state index >= 15 is 0 Å². The number of benzene rings is 1. The zero-order valence-electron chi connectivity index (χ0n) is 10.2. The van der Waals surface area contributed by atoms with Gasteiger partial charge in [0.15, 0.2) is 0 Å². The van der Waals surface area contributed by atoms with Gasteiger partial charge in [-0.3, -0.25) is 0 Å². The number of nitrogen functional groups attached to an aromatic ring is 1. The third kappa shape index (κ3) is 2.63. The quantitative estimate of drug-likeness (QED) is 0.839. The summed E-state index contributed by atoms with van der Waals surface area (Å²) in [5.41, 5.74) is 5.89. The van der Waals surface area contributed by atoms with Gasteiger partial charge in [-0.15, -0.1) is 0 Å². The van der Waals surface area contributed by atoms with Gasteiger partial charge in [0.05, 0.1) is 10.7 Å². The summed E-state index contributed by atoms with van der Waals surface area (Å²) in [4.78, 5) is -0.00855. The number of nitrogens with two attached hydrogens (primary N) is 1. The van der Waals surface area contributed by atoms with Crippen LogP contribution in [0.1, 0.15) is 26.2 Å². The molecule has 0 spiro atoms. The largest absolute Gasteiger partial charge is 0.398 e. The first kappa shape index (κ1) is 13.6. The Bertz CT molecular complexity index is 525. The predicted octanol–water partition coefficient (Wildman–Crippen LogP) is 2.39. The minimum Gasteiger partial charge on any atom is -0.398 e. The number of nitrogens with one attached hydrogen (secondary N) is 1. The monoisotopic (exact) mass is 288 g/mol. The molecule has 18 heavy (non-hydrogen) atoms. The maximum absolute atomic E-state index is 12.3. The summed E-state index contributed by atoms with van der Waals surface area (Å²) in [5.74, 6) is 0.350. The molecule has 4 nitrogen and oxygen atoms in total. The van der Waals surface area contributed by atoms with E-state index in [1.165, 1.54) is 6.07 Å². The zero-order valence-corrected chi connectivity index (χ0v) is 11.8. The summed E-state index contributed by atoms with van der Waals surface area (Å²) in [6.45, 7) is 2.05. The summed E-state index contributed by atoms with van der Waals surface area (Å²) in [7, 11) is -3.64. The molecule has 0 radical (unpaired) electrons. The molecule has 1 aliphatic carbocycles. The van der Waals surface area contributed by atoms with Crippen molar-refractivity contribution in [3.05, 3.63) is 23.2 Å². The third-order valence-electron chi connectivity index (χ3n) is 3.43. The molecule has 1 aromatic rings. The van der Waals surface area contributed by atoms with Crippen LogP contribution in [0.5, 0.6) is 0 Å². The van der Waals surface area contributed by atoms with Gasteiger partial charge in [-0.25, -0.2) is 13.1 Å². The summed E-state index contributed by atoms with van der Waals surface area (Å²) in [6, 6.07) is 4.68. The van der Waals surface area contributed by atoms with Crippen molar-refractivity contribution >= 4 is 27.3 Å². The Hall–Kier alpha value is -0.780. The van der Waals surface area contributed by atoms with Gasteiger partial charge in [0.1, 0.15) is 4.90 Å². The van der Waals surface area contributed by atoms with E-state index in [1.54, 1.807) is 12.1 Å². The molecule has 2 rings (SSSR count). The molecule has 0 amide bonds. The fourth-order valence-corrected chi connectivity index (χ4v) is 4.44. The Balaban J connectivity index is 2.31. The SMILES string of the molecule is CC1CCCC1NS(=O)(=O)c1c(N)cccc1Cl. The van der Waals surface area contributed by atoms with E-state index in [1.807, 2.05) is 0 Å². The summed E-state index contributed by atoms with van der Waals surface area (Å²) in [6.07, 6.45) is 2.96. The van der Waals surface area contributed by atoms with Crippen molar-refractivity contribution in [2.75, 3.05) is 5.73 Å². The number of halogens is 1. The van der Waals surface area contributed by atoms with Crippen molar-refractivity contribution in [3.63, 3.8) is 0 Å². The van der Waals surface area contributed by atoms with Crippen molar-refractivity contribution in [2.45, 2.75) is 37.1 Å². The lowest BCUT2D eigenvalue weighted by atomic mass is 10.1. The lowest BCUT2D eigenvalue weighted by Crippen LogP contribution is -2.36. The number of hydrogen-bond acceptors (Lipinski definition) is 3. The van der Waals surface area contributed by atoms with E-state index in [9.17, 15) is 8.42 Å². The highest BCUT2D eigenvalue weighted by molar-refractivity contribution is 7.89. The highest BCUT2D eigenvalue weighted by atomic mass is 35.5. The minimum absolute atomic E-state index is 0.00855. The summed E-state index contributed by atoms with van der Waals surface area (Å²) >= 11 is 5.94. The smallest absolute Gasteiger partial charge is 0.244 e. The zero-order chi connectivity index (χ0) is 13.3. The van der Waals surface area contributed by atoms with Crippen molar-refractivity contribution in [3.8, 4) is 0 Å². The fraction of sp³-hybridized carbons (Fsp3) is 0.500. The maximum atomic E-state index is 12.3. The molecule has 0 aliphatic heterocycles. The fourth-order valence-electron chi connectivity index (χ4n) is 2.39. The average Bonchev–Trinajstić information content (AvgIpc) is 2.63. The molecule has 1 aliphatic rings. The van der Waals surface area contributed by atoms with Crippen LogP contribution in [0.2, 0.25) is 5.02 Å². The predicted molar refractivity (Wildman–Crippen MR) is 73.0 cm³/mol. The Labute approximate surface area is 113 Å². The highest BCUT2D eigenvalue weighted by Gasteiger charge is 2.30. The van der Waals surface area contributed by atoms with Crippen LogP contribution in [-0.2, 0) is 10.0 Å². The lowest BCUT2D eigenvalue weighted by molar-refractivity contribution is 0.476. The second kappa shape index (κ2) is 5.07. The van der Waals surface area contributed by atoms with Crippen LogP contribution in [0, 0.1) is 5.92 Å². The molecule has 3 N–H and O–H groups in total. The second-order valence-electron chi connectivity index (χ2n) is 4.79. The van der Waals surface area contributed by atoms with E-state index < -0.39 is 10.0 Å². The van der Waals surface area contributed by atoms with Gasteiger partial charge in [-0.2, -0.15) is 0 Å². The van der Waals surface area contributed by atoms with Crippen LogP contribution in [0.15, 0.2) is 23.1 Å². The molecule has 1 saturated carbocycles. The first-order chi connectivity index (χ1) is 8.42. The van der Waals surface area contributed by atoms with E-state index in [-0.39, 0.29) is 21.6 Å². The van der Waals surface area contributed by atoms with Gasteiger partial charge in [-0.05, 0) is 30.9 Å². The standard InChI is InChI=1S/C12H17ClN2O2S/c1-8-4-2-7-11(8)15-18(16,17)12-9(13)5-3-6-10(12)14/h3,5-6,8,11,15H,2,4,7,14H2,1H3. The second-order valence-corrected chi connectivity index (χ2v) is 6.85. The summed E-state index contributed by atoms with van der Waals surface area (Å²) in [5, 5.41) is 0.160. The van der Waals surface area contributed by atoms with E-state index in [0.29, 0.717) is 5.92 Å². The van der Waals surface area contributed by atoms with Crippen LogP contribution in [0.25, 0.3) is 0 Å². The first-order valence-electron chi connectivity index (χ1n) is 5.98. The number of hydrogen-bond donors (Lipinski definition) is 2. The average molecular weight is 289 g/mol. The van der Waals surface area contributed by atoms with Gasteiger partial charge in [-0.1, -0.05) is 31.0 Å². The van der Waals surface area contributed by atoms with Crippen LogP contribution in [0.3, 0.4) is 0 Å². The Morgan fingerprint density at radius 2 is 2.11 bits per heavy atom. The van der Waals surface area contributed by atoms with Gasteiger partial charge in [0.25, 0.3) is 0 Å². The van der Waals surface area contributed by atoms with Crippen LogP contribution >= 0.6 is 11.6 Å². The molecule has 0 aromatic heterocycles. The Kier molecular flexibility index (Phi) is 3.84. The molecule has 0 saturated heterocycles. The van der Waals surface area contributed by atoms with Gasteiger partial charge >= 0.3 is 0 Å². The molecular weight excluding hydrogens is 272 g/mol. The normalized spacial score (nSPS) is 24.3. The molecule has 100 valence electrons. The maximum Gasteiger partial charge on any atom is 0.244 e. The minimum atomic E-state index is -3.64. The lowest BCUT2D eigenvalue weighted by Gasteiger charge is -2.18. The van der Waals surface area contributed by atoms with Gasteiger partial charge in [0, 0.05) is 6.04 Å². The van der Waals surface area contributed by atoms with Crippen molar-refractivity contribution in [1.82, 2.24) is 4.72 Å². The molecule has 0 heterocycles. The third-order valence-corrected chi connectivity index (χ3v) is 5.47. The molecule has 1 aromatic carbocycles. The highest BCUT2D eigenvalue weighted by Crippen LogP contribution is 2.30. The van der Waals surface area contributed by atoms with E-state index in [2.05, 4.69) is 11.6 Å². The molecule has 0 bridgehead atoms. The molecule has 6 heteroatoms. The first-order valence-corrected chi connectivity index (χ1v) is 7.84. The number of anilines is 1.